The summed E-state index contributed by atoms with van der Waals surface area (Å²) in [6.07, 6.45) is 7.63. The highest BCUT2D eigenvalue weighted by molar-refractivity contribution is 7.86. The normalized spacial score (nSPS) is 36.9. The Morgan fingerprint density at radius 1 is 1.00 bits per heavy atom. The van der Waals surface area contributed by atoms with Gasteiger partial charge < -0.3 is 5.32 Å². The minimum Gasteiger partial charge on any atom is -0.312 e. The highest BCUT2D eigenvalue weighted by Crippen LogP contribution is 2.29. The lowest BCUT2D eigenvalue weighted by Crippen LogP contribution is -2.57. The Balaban J connectivity index is 1.77. The van der Waals surface area contributed by atoms with Gasteiger partial charge in [0.1, 0.15) is 0 Å². The SMILES string of the molecule is CC1CCCN(S(=O)(=O)N2CCCCC2C2CCCN2)C1. The van der Waals surface area contributed by atoms with Gasteiger partial charge in [0.05, 0.1) is 0 Å². The fourth-order valence-electron chi connectivity index (χ4n) is 4.16. The molecule has 3 unspecified atom stereocenters. The maximum Gasteiger partial charge on any atom is 0.282 e. The summed E-state index contributed by atoms with van der Waals surface area (Å²) in [5.41, 5.74) is 0. The van der Waals surface area contributed by atoms with Crippen molar-refractivity contribution >= 4 is 10.2 Å². The lowest BCUT2D eigenvalue weighted by Gasteiger charge is -2.42. The van der Waals surface area contributed by atoms with Crippen LogP contribution >= 0.6 is 0 Å². The molecule has 0 aromatic heterocycles. The molecule has 3 heterocycles. The monoisotopic (exact) mass is 315 g/mol. The maximum atomic E-state index is 13.1. The van der Waals surface area contributed by atoms with Crippen LogP contribution in [0.3, 0.4) is 0 Å². The maximum absolute atomic E-state index is 13.1. The smallest absolute Gasteiger partial charge is 0.282 e. The number of hydrogen-bond donors (Lipinski definition) is 1. The van der Waals surface area contributed by atoms with E-state index in [1.54, 1.807) is 4.31 Å². The molecule has 1 N–H and O–H groups in total. The van der Waals surface area contributed by atoms with Gasteiger partial charge in [-0.25, -0.2) is 0 Å². The summed E-state index contributed by atoms with van der Waals surface area (Å²) < 4.78 is 29.7. The van der Waals surface area contributed by atoms with E-state index in [1.807, 2.05) is 4.31 Å². The average Bonchev–Trinajstić information content (AvgIpc) is 3.01. The molecular formula is C15H29N3O2S. The van der Waals surface area contributed by atoms with E-state index in [4.69, 9.17) is 0 Å². The van der Waals surface area contributed by atoms with Gasteiger partial charge in [0.25, 0.3) is 10.2 Å². The van der Waals surface area contributed by atoms with E-state index in [1.165, 1.54) is 6.42 Å². The fraction of sp³-hybridized carbons (Fsp3) is 1.00. The van der Waals surface area contributed by atoms with Crippen molar-refractivity contribution in [2.24, 2.45) is 5.92 Å². The standard InChI is InChI=1S/C15H29N3O2S/c1-13-6-5-10-17(12-13)21(19,20)18-11-3-2-8-15(18)14-7-4-9-16-14/h13-16H,2-12H2,1H3. The topological polar surface area (TPSA) is 52.7 Å². The van der Waals surface area contributed by atoms with Crippen molar-refractivity contribution in [1.29, 1.82) is 0 Å². The Bertz CT molecular complexity index is 448. The molecular weight excluding hydrogens is 286 g/mol. The van der Waals surface area contributed by atoms with Crippen LogP contribution < -0.4 is 5.32 Å². The molecule has 5 nitrogen and oxygen atoms in total. The third-order valence-electron chi connectivity index (χ3n) is 5.30. The largest absolute Gasteiger partial charge is 0.312 e. The van der Waals surface area contributed by atoms with E-state index in [-0.39, 0.29) is 6.04 Å². The Kier molecular flexibility index (Phi) is 4.88. The second-order valence-corrected chi connectivity index (χ2v) is 8.87. The van der Waals surface area contributed by atoms with E-state index in [2.05, 4.69) is 12.2 Å². The number of rotatable bonds is 3. The quantitative estimate of drug-likeness (QED) is 0.860. The summed E-state index contributed by atoms with van der Waals surface area (Å²) in [5, 5.41) is 3.52. The van der Waals surface area contributed by atoms with Crippen LogP contribution in [0.15, 0.2) is 0 Å². The zero-order valence-electron chi connectivity index (χ0n) is 13.1. The zero-order chi connectivity index (χ0) is 14.9. The second-order valence-electron chi connectivity index (χ2n) is 6.99. The van der Waals surface area contributed by atoms with Gasteiger partial charge in [0.15, 0.2) is 0 Å². The molecule has 122 valence electrons. The highest BCUT2D eigenvalue weighted by atomic mass is 32.2. The van der Waals surface area contributed by atoms with Gasteiger partial charge in [-0.05, 0) is 51.0 Å². The molecule has 0 aromatic rings. The predicted octanol–water partition coefficient (Wildman–Crippen LogP) is 1.57. The van der Waals surface area contributed by atoms with Crippen molar-refractivity contribution in [3.63, 3.8) is 0 Å². The van der Waals surface area contributed by atoms with Gasteiger partial charge >= 0.3 is 0 Å². The third-order valence-corrected chi connectivity index (χ3v) is 7.33. The van der Waals surface area contributed by atoms with E-state index in [0.29, 0.717) is 31.6 Å². The highest BCUT2D eigenvalue weighted by Gasteiger charge is 2.41. The van der Waals surface area contributed by atoms with E-state index in [0.717, 1.165) is 45.1 Å². The zero-order valence-corrected chi connectivity index (χ0v) is 13.9. The first-order valence-electron chi connectivity index (χ1n) is 8.59. The lowest BCUT2D eigenvalue weighted by molar-refractivity contribution is 0.184. The van der Waals surface area contributed by atoms with Crippen LogP contribution in [0, 0.1) is 5.92 Å². The number of piperidine rings is 2. The molecule has 3 aliphatic heterocycles. The minimum absolute atomic E-state index is 0.170. The van der Waals surface area contributed by atoms with Gasteiger partial charge in [0.2, 0.25) is 0 Å². The number of nitrogens with zero attached hydrogens (tertiary/aromatic N) is 2. The number of hydrogen-bond acceptors (Lipinski definition) is 3. The van der Waals surface area contributed by atoms with Crippen LogP contribution in [0.1, 0.15) is 51.9 Å². The van der Waals surface area contributed by atoms with E-state index in [9.17, 15) is 8.42 Å². The molecule has 0 bridgehead atoms. The minimum atomic E-state index is -3.28. The van der Waals surface area contributed by atoms with Crippen LogP contribution in [0.5, 0.6) is 0 Å². The average molecular weight is 315 g/mol. The van der Waals surface area contributed by atoms with Crippen molar-refractivity contribution in [1.82, 2.24) is 13.9 Å². The predicted molar refractivity (Wildman–Crippen MR) is 84.3 cm³/mol. The van der Waals surface area contributed by atoms with Gasteiger partial charge in [-0.3, -0.25) is 0 Å². The van der Waals surface area contributed by atoms with Crippen LogP contribution in [0.4, 0.5) is 0 Å². The summed E-state index contributed by atoms with van der Waals surface area (Å²) in [6, 6.07) is 0.533. The van der Waals surface area contributed by atoms with Gasteiger partial charge in [-0.1, -0.05) is 13.3 Å². The van der Waals surface area contributed by atoms with Crippen molar-refractivity contribution in [2.45, 2.75) is 64.0 Å². The summed E-state index contributed by atoms with van der Waals surface area (Å²) in [7, 11) is -3.28. The van der Waals surface area contributed by atoms with Crippen LogP contribution in [-0.2, 0) is 10.2 Å². The molecule has 0 aliphatic carbocycles. The summed E-state index contributed by atoms with van der Waals surface area (Å²) >= 11 is 0. The molecule has 21 heavy (non-hydrogen) atoms. The first-order valence-corrected chi connectivity index (χ1v) is 9.99. The van der Waals surface area contributed by atoms with Crippen LogP contribution in [-0.4, -0.2) is 55.3 Å². The molecule has 3 fully saturated rings. The molecule has 0 spiro atoms. The summed E-state index contributed by atoms with van der Waals surface area (Å²) in [4.78, 5) is 0. The Morgan fingerprint density at radius 3 is 2.57 bits per heavy atom. The first kappa shape index (κ1) is 15.7. The molecule has 0 radical (unpaired) electrons. The fourth-order valence-corrected chi connectivity index (χ4v) is 6.22. The van der Waals surface area contributed by atoms with Gasteiger partial charge in [-0.2, -0.15) is 17.0 Å². The number of nitrogens with one attached hydrogen (secondary N) is 1. The van der Waals surface area contributed by atoms with Crippen LogP contribution in [0.2, 0.25) is 0 Å². The second kappa shape index (κ2) is 6.52. The molecule has 3 saturated heterocycles. The lowest BCUT2D eigenvalue weighted by atomic mass is 9.97. The molecule has 0 aromatic carbocycles. The van der Waals surface area contributed by atoms with E-state index >= 15 is 0 Å². The van der Waals surface area contributed by atoms with Crippen molar-refractivity contribution in [2.75, 3.05) is 26.2 Å². The molecule has 0 saturated carbocycles. The Hall–Kier alpha value is -0.170. The molecule has 6 heteroatoms. The van der Waals surface area contributed by atoms with Crippen LogP contribution in [0.25, 0.3) is 0 Å². The molecule has 0 amide bonds. The van der Waals surface area contributed by atoms with Crippen molar-refractivity contribution < 1.29 is 8.42 Å². The molecule has 3 aliphatic rings. The molecule has 3 atom stereocenters. The first-order chi connectivity index (χ1) is 10.1. The van der Waals surface area contributed by atoms with Gasteiger partial charge in [0, 0.05) is 31.7 Å². The Labute approximate surface area is 129 Å². The van der Waals surface area contributed by atoms with E-state index < -0.39 is 10.2 Å². The third kappa shape index (κ3) is 3.28. The Morgan fingerprint density at radius 2 is 1.86 bits per heavy atom. The van der Waals surface area contributed by atoms with Gasteiger partial charge in [-0.15, -0.1) is 0 Å². The van der Waals surface area contributed by atoms with Crippen molar-refractivity contribution in [3.05, 3.63) is 0 Å². The molecule has 3 rings (SSSR count). The summed E-state index contributed by atoms with van der Waals surface area (Å²) in [6.45, 7) is 5.30. The van der Waals surface area contributed by atoms with Crippen molar-refractivity contribution in [3.8, 4) is 0 Å². The summed E-state index contributed by atoms with van der Waals surface area (Å²) in [5.74, 6) is 0.487.